The minimum Gasteiger partial charge on any atom is -0.308 e. The van der Waals surface area contributed by atoms with Crippen LogP contribution in [0.5, 0.6) is 0 Å². The first-order valence-electron chi connectivity index (χ1n) is 11.6. The van der Waals surface area contributed by atoms with Crippen LogP contribution in [-0.4, -0.2) is 30.8 Å². The Hall–Kier alpha value is -5.51. The van der Waals surface area contributed by atoms with Gasteiger partial charge >= 0.3 is 6.03 Å². The third kappa shape index (κ3) is 5.05. The number of urea groups is 1. The number of carbonyl (C=O) groups excluding carboxylic acids is 1. The molecular formula is C28H22N8O2. The van der Waals surface area contributed by atoms with Gasteiger partial charge in [0.2, 0.25) is 5.95 Å². The SMILES string of the molecule is C=CC=C(C)c1nc2ccc(NC(=O)Nc3nncn3-c3ccc(N=O)cc3)cc2nc1-c1ccccc1. The Morgan fingerprint density at radius 3 is 2.50 bits per heavy atom. The van der Waals surface area contributed by atoms with Crippen LogP contribution in [0.4, 0.5) is 22.1 Å². The Kier molecular flexibility index (Phi) is 6.77. The third-order valence-corrected chi connectivity index (χ3v) is 5.72. The molecule has 10 nitrogen and oxygen atoms in total. The molecule has 0 fully saturated rings. The van der Waals surface area contributed by atoms with Gasteiger partial charge in [0, 0.05) is 11.3 Å². The maximum absolute atomic E-state index is 12.8. The number of nitrogens with zero attached hydrogens (tertiary/aromatic N) is 6. The van der Waals surface area contributed by atoms with Gasteiger partial charge in [-0.25, -0.2) is 14.8 Å². The monoisotopic (exact) mass is 502 g/mol. The smallest absolute Gasteiger partial charge is 0.308 e. The molecule has 3 aromatic carbocycles. The van der Waals surface area contributed by atoms with E-state index in [0.29, 0.717) is 28.1 Å². The quantitative estimate of drug-likeness (QED) is 0.193. The van der Waals surface area contributed by atoms with Gasteiger partial charge in [-0.1, -0.05) is 49.1 Å². The van der Waals surface area contributed by atoms with E-state index < -0.39 is 6.03 Å². The van der Waals surface area contributed by atoms with Gasteiger partial charge in [0.25, 0.3) is 0 Å². The first-order chi connectivity index (χ1) is 18.6. The zero-order chi connectivity index (χ0) is 26.5. The van der Waals surface area contributed by atoms with Crippen LogP contribution in [0.15, 0.2) is 103 Å². The van der Waals surface area contributed by atoms with Crippen LogP contribution < -0.4 is 10.6 Å². The van der Waals surface area contributed by atoms with Crippen LogP contribution in [0.2, 0.25) is 0 Å². The molecular weight excluding hydrogens is 480 g/mol. The number of aromatic nitrogens is 5. The van der Waals surface area contributed by atoms with Crippen molar-refractivity contribution in [1.29, 1.82) is 0 Å². The topological polar surface area (TPSA) is 127 Å². The van der Waals surface area contributed by atoms with Crippen molar-refractivity contribution in [2.45, 2.75) is 6.92 Å². The van der Waals surface area contributed by atoms with Crippen molar-refractivity contribution in [1.82, 2.24) is 24.7 Å². The Labute approximate surface area is 217 Å². The summed E-state index contributed by atoms with van der Waals surface area (Å²) in [4.78, 5) is 33.2. The average molecular weight is 503 g/mol. The van der Waals surface area contributed by atoms with E-state index >= 15 is 0 Å². The lowest BCUT2D eigenvalue weighted by atomic mass is 10.0. The molecule has 10 heteroatoms. The predicted molar refractivity (Wildman–Crippen MR) is 148 cm³/mol. The summed E-state index contributed by atoms with van der Waals surface area (Å²) in [7, 11) is 0. The summed E-state index contributed by atoms with van der Waals surface area (Å²) in [5, 5.41) is 16.2. The molecule has 0 unspecified atom stereocenters. The molecule has 38 heavy (non-hydrogen) atoms. The van der Waals surface area contributed by atoms with E-state index in [1.165, 1.54) is 6.33 Å². The molecule has 0 aliphatic rings. The number of amides is 2. The highest BCUT2D eigenvalue weighted by Crippen LogP contribution is 2.29. The summed E-state index contributed by atoms with van der Waals surface area (Å²) in [5.74, 6) is 0.204. The van der Waals surface area contributed by atoms with E-state index in [4.69, 9.17) is 9.97 Å². The number of benzene rings is 3. The number of nitroso groups, excluding NO2 is 1. The van der Waals surface area contributed by atoms with Gasteiger partial charge in [-0.3, -0.25) is 9.88 Å². The number of hydrogen-bond acceptors (Lipinski definition) is 7. The highest BCUT2D eigenvalue weighted by molar-refractivity contribution is 6.00. The standard InChI is InChI=1S/C28H22N8O2/c1-3-7-18(2)25-26(19-8-5-4-6-9-19)32-24-16-21(12-15-23(24)31-25)30-28(37)33-27-34-29-17-36(27)22-13-10-20(35-38)11-14-22/h3-17H,1H2,2H3,(H2,30,33,34,37). The van der Waals surface area contributed by atoms with Crippen molar-refractivity contribution in [3.63, 3.8) is 0 Å². The van der Waals surface area contributed by atoms with Crippen molar-refractivity contribution in [2.75, 3.05) is 10.6 Å². The summed E-state index contributed by atoms with van der Waals surface area (Å²) in [5.41, 5.74) is 6.17. The highest BCUT2D eigenvalue weighted by atomic mass is 16.3. The van der Waals surface area contributed by atoms with E-state index in [9.17, 15) is 9.70 Å². The minimum atomic E-state index is -0.512. The molecule has 2 N–H and O–H groups in total. The molecule has 0 aliphatic heterocycles. The first-order valence-corrected chi connectivity index (χ1v) is 11.6. The van der Waals surface area contributed by atoms with Gasteiger partial charge in [0.1, 0.15) is 12.0 Å². The van der Waals surface area contributed by atoms with Crippen molar-refractivity contribution < 1.29 is 4.79 Å². The molecule has 0 spiro atoms. The van der Waals surface area contributed by atoms with Crippen molar-refractivity contribution in [3.8, 4) is 16.9 Å². The van der Waals surface area contributed by atoms with Crippen LogP contribution in [-0.2, 0) is 0 Å². The minimum absolute atomic E-state index is 0.204. The Morgan fingerprint density at radius 1 is 0.974 bits per heavy atom. The molecule has 0 aliphatic carbocycles. The zero-order valence-corrected chi connectivity index (χ0v) is 20.4. The van der Waals surface area contributed by atoms with Crippen molar-refractivity contribution in [3.05, 3.63) is 108 Å². The van der Waals surface area contributed by atoms with E-state index in [1.807, 2.05) is 49.4 Å². The molecule has 5 rings (SSSR count). The van der Waals surface area contributed by atoms with E-state index in [1.54, 1.807) is 47.0 Å². The van der Waals surface area contributed by atoms with E-state index in [2.05, 4.69) is 32.6 Å². The van der Waals surface area contributed by atoms with Crippen LogP contribution in [0, 0.1) is 4.91 Å². The summed E-state index contributed by atoms with van der Waals surface area (Å²) in [6.07, 6.45) is 5.07. The fourth-order valence-electron chi connectivity index (χ4n) is 3.91. The van der Waals surface area contributed by atoms with E-state index in [-0.39, 0.29) is 5.95 Å². The first kappa shape index (κ1) is 24.2. The van der Waals surface area contributed by atoms with Gasteiger partial charge in [0.15, 0.2) is 0 Å². The highest BCUT2D eigenvalue weighted by Gasteiger charge is 2.14. The second-order valence-electron chi connectivity index (χ2n) is 8.29. The largest absolute Gasteiger partial charge is 0.326 e. The Morgan fingerprint density at radius 2 is 1.76 bits per heavy atom. The fraction of sp³-hybridized carbons (Fsp3) is 0.0357. The molecule has 0 saturated carbocycles. The fourth-order valence-corrected chi connectivity index (χ4v) is 3.91. The Balaban J connectivity index is 1.42. The van der Waals surface area contributed by atoms with E-state index in [0.717, 1.165) is 22.5 Å². The maximum atomic E-state index is 12.8. The predicted octanol–water partition coefficient (Wildman–Crippen LogP) is 6.51. The number of hydrogen-bond donors (Lipinski definition) is 2. The molecule has 0 saturated heterocycles. The van der Waals surface area contributed by atoms with Gasteiger partial charge in [0.05, 0.1) is 28.1 Å². The second kappa shape index (κ2) is 10.6. The number of anilines is 2. The number of fused-ring (bicyclic) bond motifs is 1. The maximum Gasteiger partial charge on any atom is 0.326 e. The van der Waals surface area contributed by atoms with Crippen LogP contribution >= 0.6 is 0 Å². The molecule has 2 heterocycles. The van der Waals surface area contributed by atoms with Gasteiger partial charge in [-0.15, -0.1) is 15.1 Å². The normalized spacial score (nSPS) is 11.2. The summed E-state index contributed by atoms with van der Waals surface area (Å²) in [6, 6.07) is 21.1. The number of nitrogens with one attached hydrogen (secondary N) is 2. The van der Waals surface area contributed by atoms with Crippen molar-refractivity contribution in [2.24, 2.45) is 5.18 Å². The lowest BCUT2D eigenvalue weighted by Crippen LogP contribution is -2.21. The number of allylic oxidation sites excluding steroid dienone is 3. The summed E-state index contributed by atoms with van der Waals surface area (Å²) >= 11 is 0. The van der Waals surface area contributed by atoms with Crippen LogP contribution in [0.25, 0.3) is 33.6 Å². The lowest BCUT2D eigenvalue weighted by Gasteiger charge is -2.12. The molecule has 0 radical (unpaired) electrons. The second-order valence-corrected chi connectivity index (χ2v) is 8.29. The summed E-state index contributed by atoms with van der Waals surface area (Å²) < 4.78 is 1.58. The molecule has 2 amide bonds. The Bertz CT molecular complexity index is 1680. The molecule has 0 bridgehead atoms. The number of rotatable bonds is 7. The van der Waals surface area contributed by atoms with Gasteiger partial charge in [-0.05, 0) is 60.1 Å². The third-order valence-electron chi connectivity index (χ3n) is 5.72. The van der Waals surface area contributed by atoms with Crippen molar-refractivity contribution >= 4 is 40.0 Å². The van der Waals surface area contributed by atoms with Gasteiger partial charge < -0.3 is 5.32 Å². The average Bonchev–Trinajstić information content (AvgIpc) is 3.40. The number of carbonyl (C=O) groups is 1. The molecule has 0 atom stereocenters. The molecule has 186 valence electrons. The lowest BCUT2D eigenvalue weighted by molar-refractivity contribution is 0.262. The van der Waals surface area contributed by atoms with Crippen LogP contribution in [0.1, 0.15) is 12.6 Å². The zero-order valence-electron chi connectivity index (χ0n) is 20.4. The molecule has 2 aromatic heterocycles. The molecule has 5 aromatic rings. The van der Waals surface area contributed by atoms with Gasteiger partial charge in [-0.2, -0.15) is 0 Å². The summed E-state index contributed by atoms with van der Waals surface area (Å²) in [6.45, 7) is 5.76. The van der Waals surface area contributed by atoms with Crippen LogP contribution in [0.3, 0.4) is 0 Å².